The van der Waals surface area contributed by atoms with E-state index < -0.39 is 0 Å². The van der Waals surface area contributed by atoms with Crippen LogP contribution in [0.1, 0.15) is 23.1 Å². The molecule has 1 unspecified atom stereocenters. The van der Waals surface area contributed by atoms with E-state index in [0.29, 0.717) is 0 Å². The van der Waals surface area contributed by atoms with E-state index in [1.165, 1.54) is 0 Å². The normalized spacial score (nSPS) is 12.7. The van der Waals surface area contributed by atoms with Gasteiger partial charge in [0.2, 0.25) is 0 Å². The van der Waals surface area contributed by atoms with Gasteiger partial charge in [-0.2, -0.15) is 0 Å². The smallest absolute Gasteiger partial charge is 0.0935 e. The van der Waals surface area contributed by atoms with Crippen molar-refractivity contribution in [3.63, 3.8) is 0 Å². The molecule has 2 rings (SSSR count). The molecule has 0 saturated carbocycles. The molecule has 5 heteroatoms. The molecule has 0 aliphatic carbocycles. The number of nitrogens with one attached hydrogen (secondary N) is 1. The van der Waals surface area contributed by atoms with Crippen LogP contribution in [0.3, 0.4) is 0 Å². The van der Waals surface area contributed by atoms with Gasteiger partial charge < -0.3 is 5.32 Å². The second-order valence-electron chi connectivity index (χ2n) is 3.71. The summed E-state index contributed by atoms with van der Waals surface area (Å²) < 4.78 is 1.76. The molecule has 1 N–H and O–H groups in total. The number of aryl methyl sites for hydroxylation is 2. The molecule has 0 amide bonds. The fraction of sp³-hybridized carbons (Fsp3) is 0.364. The number of aromatic nitrogens is 4. The minimum Gasteiger partial charge on any atom is -0.307 e. The molecule has 2 aromatic rings. The van der Waals surface area contributed by atoms with E-state index >= 15 is 0 Å². The fourth-order valence-electron chi connectivity index (χ4n) is 1.73. The van der Waals surface area contributed by atoms with Gasteiger partial charge in [-0.15, -0.1) is 5.10 Å². The third kappa shape index (κ3) is 1.94. The predicted octanol–water partition coefficient (Wildman–Crippen LogP) is 0.827. The first kappa shape index (κ1) is 10.8. The van der Waals surface area contributed by atoms with Crippen molar-refractivity contribution < 1.29 is 0 Å². The summed E-state index contributed by atoms with van der Waals surface area (Å²) in [6.45, 7) is 1.98. The molecular formula is C11H15N5. The van der Waals surface area contributed by atoms with E-state index in [4.69, 9.17) is 0 Å². The average Bonchev–Trinajstić information content (AvgIpc) is 2.67. The van der Waals surface area contributed by atoms with Crippen LogP contribution in [-0.2, 0) is 7.05 Å². The summed E-state index contributed by atoms with van der Waals surface area (Å²) in [5, 5.41) is 11.0. The summed E-state index contributed by atoms with van der Waals surface area (Å²) in [6, 6.07) is 6.02. The maximum Gasteiger partial charge on any atom is 0.0935 e. The molecule has 0 aromatic carbocycles. The molecule has 5 nitrogen and oxygen atoms in total. The zero-order chi connectivity index (χ0) is 11.5. The minimum atomic E-state index is 0.0277. The molecule has 0 aliphatic rings. The molecule has 0 radical (unpaired) electrons. The van der Waals surface area contributed by atoms with Crippen molar-refractivity contribution >= 4 is 0 Å². The maximum absolute atomic E-state index is 4.51. The zero-order valence-corrected chi connectivity index (χ0v) is 9.68. The van der Waals surface area contributed by atoms with Gasteiger partial charge >= 0.3 is 0 Å². The Morgan fingerprint density at radius 1 is 1.38 bits per heavy atom. The predicted molar refractivity (Wildman–Crippen MR) is 60.9 cm³/mol. The van der Waals surface area contributed by atoms with Crippen molar-refractivity contribution in [1.82, 2.24) is 25.3 Å². The first-order valence-electron chi connectivity index (χ1n) is 5.17. The highest BCUT2D eigenvalue weighted by Crippen LogP contribution is 2.18. The second kappa shape index (κ2) is 4.40. The van der Waals surface area contributed by atoms with Gasteiger partial charge in [0, 0.05) is 12.7 Å². The van der Waals surface area contributed by atoms with Gasteiger partial charge in [-0.1, -0.05) is 11.3 Å². The molecule has 0 bridgehead atoms. The fourth-order valence-corrected chi connectivity index (χ4v) is 1.73. The Balaban J connectivity index is 2.40. The summed E-state index contributed by atoms with van der Waals surface area (Å²) in [7, 11) is 3.78. The van der Waals surface area contributed by atoms with Gasteiger partial charge in [-0.05, 0) is 26.1 Å². The van der Waals surface area contributed by atoms with Gasteiger partial charge in [0.25, 0.3) is 0 Å². The standard InChI is InChI=1S/C11H15N5/c1-8-5-4-6-9(14-8)11(12-2)10-7-13-15-16(10)3/h4-7,11-12H,1-3H3. The Hall–Kier alpha value is -1.75. The third-order valence-corrected chi connectivity index (χ3v) is 2.54. The number of hydrogen-bond acceptors (Lipinski definition) is 4. The Kier molecular flexibility index (Phi) is 2.96. The number of hydrogen-bond donors (Lipinski definition) is 1. The van der Waals surface area contributed by atoms with Gasteiger partial charge in [0.05, 0.1) is 23.6 Å². The summed E-state index contributed by atoms with van der Waals surface area (Å²) >= 11 is 0. The molecule has 2 aromatic heterocycles. The SMILES string of the molecule is CNC(c1cccc(C)n1)c1cnnn1C. The lowest BCUT2D eigenvalue weighted by atomic mass is 10.1. The van der Waals surface area contributed by atoms with E-state index in [0.717, 1.165) is 17.1 Å². The van der Waals surface area contributed by atoms with E-state index in [1.807, 2.05) is 39.2 Å². The maximum atomic E-state index is 4.51. The number of pyridine rings is 1. The summed E-state index contributed by atoms with van der Waals surface area (Å²) in [4.78, 5) is 4.51. The summed E-state index contributed by atoms with van der Waals surface area (Å²) in [5.74, 6) is 0. The van der Waals surface area contributed by atoms with Gasteiger partial charge in [-0.25, -0.2) is 0 Å². The summed E-state index contributed by atoms with van der Waals surface area (Å²) in [5.41, 5.74) is 2.99. The van der Waals surface area contributed by atoms with Gasteiger partial charge in [0.1, 0.15) is 0 Å². The third-order valence-electron chi connectivity index (χ3n) is 2.54. The van der Waals surface area contributed by atoms with Crippen molar-refractivity contribution in [2.24, 2.45) is 7.05 Å². The lowest BCUT2D eigenvalue weighted by Crippen LogP contribution is -2.21. The van der Waals surface area contributed by atoms with Crippen LogP contribution in [0.5, 0.6) is 0 Å². The summed E-state index contributed by atoms with van der Waals surface area (Å²) in [6.07, 6.45) is 1.76. The Morgan fingerprint density at radius 2 is 2.19 bits per heavy atom. The average molecular weight is 217 g/mol. The lowest BCUT2D eigenvalue weighted by Gasteiger charge is -2.15. The van der Waals surface area contributed by atoms with E-state index in [9.17, 15) is 0 Å². The zero-order valence-electron chi connectivity index (χ0n) is 9.68. The van der Waals surface area contributed by atoms with E-state index in [1.54, 1.807) is 10.9 Å². The van der Waals surface area contributed by atoms with Crippen LogP contribution in [0.4, 0.5) is 0 Å². The van der Waals surface area contributed by atoms with Gasteiger partial charge in [-0.3, -0.25) is 9.67 Å². The topological polar surface area (TPSA) is 55.6 Å². The molecule has 0 aliphatic heterocycles. The lowest BCUT2D eigenvalue weighted by molar-refractivity contribution is 0.586. The highest BCUT2D eigenvalue weighted by molar-refractivity contribution is 5.21. The number of rotatable bonds is 3. The Bertz CT molecular complexity index is 477. The Morgan fingerprint density at radius 3 is 2.75 bits per heavy atom. The molecule has 2 heterocycles. The first-order chi connectivity index (χ1) is 7.72. The molecular weight excluding hydrogens is 202 g/mol. The van der Waals surface area contributed by atoms with Crippen LogP contribution < -0.4 is 5.32 Å². The van der Waals surface area contributed by atoms with Crippen molar-refractivity contribution in [3.8, 4) is 0 Å². The first-order valence-corrected chi connectivity index (χ1v) is 5.17. The highest BCUT2D eigenvalue weighted by atomic mass is 15.4. The highest BCUT2D eigenvalue weighted by Gasteiger charge is 2.17. The van der Waals surface area contributed by atoms with Crippen LogP contribution >= 0.6 is 0 Å². The van der Waals surface area contributed by atoms with Crippen molar-refractivity contribution in [3.05, 3.63) is 41.5 Å². The van der Waals surface area contributed by atoms with Crippen LogP contribution in [0.25, 0.3) is 0 Å². The molecule has 0 spiro atoms. The van der Waals surface area contributed by atoms with E-state index in [2.05, 4.69) is 20.6 Å². The molecule has 0 saturated heterocycles. The molecule has 84 valence electrons. The minimum absolute atomic E-state index is 0.0277. The second-order valence-corrected chi connectivity index (χ2v) is 3.71. The van der Waals surface area contributed by atoms with Crippen molar-refractivity contribution in [1.29, 1.82) is 0 Å². The van der Waals surface area contributed by atoms with Crippen molar-refractivity contribution in [2.45, 2.75) is 13.0 Å². The van der Waals surface area contributed by atoms with Crippen LogP contribution in [0, 0.1) is 6.92 Å². The number of nitrogens with zero attached hydrogens (tertiary/aromatic N) is 4. The quantitative estimate of drug-likeness (QED) is 0.827. The van der Waals surface area contributed by atoms with Crippen LogP contribution in [0.2, 0.25) is 0 Å². The van der Waals surface area contributed by atoms with E-state index in [-0.39, 0.29) is 6.04 Å². The van der Waals surface area contributed by atoms with Crippen LogP contribution in [-0.4, -0.2) is 27.0 Å². The largest absolute Gasteiger partial charge is 0.307 e. The van der Waals surface area contributed by atoms with Crippen LogP contribution in [0.15, 0.2) is 24.4 Å². The molecule has 16 heavy (non-hydrogen) atoms. The monoisotopic (exact) mass is 217 g/mol. The van der Waals surface area contributed by atoms with Gasteiger partial charge in [0.15, 0.2) is 0 Å². The Labute approximate surface area is 94.5 Å². The van der Waals surface area contributed by atoms with Crippen molar-refractivity contribution in [2.75, 3.05) is 7.05 Å². The molecule has 0 fully saturated rings. The molecule has 1 atom stereocenters.